The first-order valence-electron chi connectivity index (χ1n) is 44.2. The van der Waals surface area contributed by atoms with Gasteiger partial charge in [-0.25, -0.2) is 0 Å². The minimum Gasteiger partial charge on any atom is -0.508 e. The number of carboxylic acids is 1. The SMILES string of the molecule is CCCC[C@H]1C(=O)N(C)CC(=O)N[C@@H](CC(=O)O)C(=O)N[C@@H](C(C)C)C(=O)N(C)[C@@H](Cc2ccccc2)C(=O)N[C@@H](Cc2ccc(O)cc2)C(=O)N(C)CC(=O)N[C@@H](Cc2c[nH]c3ccccc23)C(=O)N[C@@H](Cc2ccc(O)cc2)C(=O)N[C@@H](CC(C)C)C(=O)N[C@H](C(=O)NCC(N)=O)CSCC(=O)N[C@@H](CCc2c[nH]c3ccccc23)C(=O)N(C)[C@@H](Cc2ccccc2)C(=O)N1C. The van der Waals surface area contributed by atoms with Crippen molar-refractivity contribution in [1.29, 1.82) is 0 Å². The summed E-state index contributed by atoms with van der Waals surface area (Å²) in [5, 5.41) is 56.6. The minimum atomic E-state index is -1.91. The molecule has 133 heavy (non-hydrogen) atoms. The number of rotatable bonds is 24. The standard InChI is InChI=1S/C96H121N17O19S/c1-11-12-31-77-94(130)110(7)53-82(118)103-74(48-84(120)121)90(126)108-85(57(4)5)96(132)112(9)78(45-58-23-15-13-16-24-58)91(127)106-75(44-61-34-39-65(115)40-35-61)92(128)109(6)52-81(117)102-73(47-63-50-99-69-30-22-20-28-67(63)69)89(125)105-72(43-60-32-37-64(114)38-33-60)88(124)104-71(42-56(2)3)87(123)107-76(86(122)100-51-80(97)116)54-133-55-83(119)101-70(41-36-62-49-98-68-29-21-19-27-66(62)68)93(129)113(10)79(95(131)111(77)8)46-59-25-17-14-18-26-59/h13-30,32-35,37-40,49-50,56-57,70-79,85,98-99,114-115H,11-12,31,36,41-48,51-55H2,1-10H3,(H2,97,116)(H,100,122)(H,101,119)(H,102,117)(H,103,118)(H,104,124)(H,105,125)(H,106,127)(H,107,123)(H,108,126)(H,120,121)/t70-,71-,72-,73-,74-,75-,76-,77-,78-,79-,85-/m0/s1. The van der Waals surface area contributed by atoms with Crippen LogP contribution in [0.4, 0.5) is 0 Å². The largest absolute Gasteiger partial charge is 0.508 e. The summed E-state index contributed by atoms with van der Waals surface area (Å²) >= 11 is 0.835. The molecule has 0 unspecified atom stereocenters. The maximum absolute atomic E-state index is 15.7. The summed E-state index contributed by atoms with van der Waals surface area (Å²) in [6.07, 6.45) is 2.10. The van der Waals surface area contributed by atoms with Crippen molar-refractivity contribution in [3.8, 4) is 11.5 Å². The van der Waals surface area contributed by atoms with Crippen molar-refractivity contribution in [1.82, 2.24) is 82.3 Å². The Morgan fingerprint density at radius 2 is 0.910 bits per heavy atom. The number of phenols is 2. The van der Waals surface area contributed by atoms with Crippen molar-refractivity contribution >= 4 is 128 Å². The van der Waals surface area contributed by atoms with E-state index in [1.54, 1.807) is 125 Å². The number of unbranched alkanes of at least 4 members (excludes halogenated alkanes) is 1. The number of benzene rings is 6. The van der Waals surface area contributed by atoms with Gasteiger partial charge in [0, 0.05) is 107 Å². The number of aromatic amines is 2. The molecule has 37 heteroatoms. The zero-order chi connectivity index (χ0) is 96.9. The van der Waals surface area contributed by atoms with E-state index >= 15 is 43.2 Å². The lowest BCUT2D eigenvalue weighted by molar-refractivity contribution is -0.151. The second-order valence-electron chi connectivity index (χ2n) is 34.3. The fraction of sp³-hybridized carbons (Fsp3) is 0.417. The normalized spacial score (nSPS) is 21.7. The second-order valence-corrected chi connectivity index (χ2v) is 35.3. The Morgan fingerprint density at radius 3 is 1.46 bits per heavy atom. The van der Waals surface area contributed by atoms with Crippen LogP contribution in [-0.2, 0) is 115 Å². The number of nitrogens with one attached hydrogen (secondary N) is 11. The molecule has 9 rings (SSSR count). The summed E-state index contributed by atoms with van der Waals surface area (Å²) in [6.45, 7) is 6.18. The van der Waals surface area contributed by atoms with Crippen LogP contribution in [0.3, 0.4) is 0 Å². The molecule has 0 radical (unpaired) electrons. The zero-order valence-electron chi connectivity index (χ0n) is 76.3. The van der Waals surface area contributed by atoms with Gasteiger partial charge in [-0.3, -0.25) is 76.7 Å². The zero-order valence-corrected chi connectivity index (χ0v) is 77.1. The molecule has 15 amide bonds. The van der Waals surface area contributed by atoms with Gasteiger partial charge in [0.25, 0.3) is 0 Å². The van der Waals surface area contributed by atoms with Crippen LogP contribution in [-0.4, -0.2) is 277 Å². The van der Waals surface area contributed by atoms with E-state index in [1.165, 1.54) is 93.6 Å². The number of primary amides is 1. The van der Waals surface area contributed by atoms with Crippen molar-refractivity contribution in [2.24, 2.45) is 17.6 Å². The maximum atomic E-state index is 15.7. The number of carbonyl (C=O) groups excluding carboxylic acids is 15. The Balaban J connectivity index is 1.12. The first kappa shape index (κ1) is 103. The van der Waals surface area contributed by atoms with Crippen molar-refractivity contribution in [3.63, 3.8) is 0 Å². The number of H-pyrrole nitrogens is 2. The number of aromatic nitrogens is 2. The first-order valence-corrected chi connectivity index (χ1v) is 45.3. The third-order valence-electron chi connectivity index (χ3n) is 23.2. The molecule has 1 saturated heterocycles. The Kier molecular flexibility index (Phi) is 38.0. The number of likely N-dealkylation sites (N-methyl/N-ethyl adjacent to an activating group) is 5. The lowest BCUT2D eigenvalue weighted by atomic mass is 9.98. The number of fused-ring (bicyclic) bond motifs is 2. The summed E-state index contributed by atoms with van der Waals surface area (Å²) in [4.78, 5) is 248. The van der Waals surface area contributed by atoms with Crippen LogP contribution in [0.5, 0.6) is 11.5 Å². The van der Waals surface area contributed by atoms with Crippen molar-refractivity contribution in [2.75, 3.05) is 66.4 Å². The number of nitrogens with two attached hydrogens (primary N) is 1. The summed E-state index contributed by atoms with van der Waals surface area (Å²) in [6, 6.07) is 26.1. The van der Waals surface area contributed by atoms with Gasteiger partial charge in [0.15, 0.2) is 0 Å². The predicted molar refractivity (Wildman–Crippen MR) is 499 cm³/mol. The van der Waals surface area contributed by atoms with E-state index in [9.17, 15) is 48.9 Å². The van der Waals surface area contributed by atoms with Gasteiger partial charge >= 0.3 is 5.97 Å². The molecule has 0 bridgehead atoms. The van der Waals surface area contributed by atoms with E-state index in [2.05, 4.69) is 57.8 Å². The van der Waals surface area contributed by atoms with E-state index in [4.69, 9.17) is 5.73 Å². The van der Waals surface area contributed by atoms with Crippen LogP contribution < -0.4 is 53.6 Å². The van der Waals surface area contributed by atoms with Gasteiger partial charge < -0.3 is 103 Å². The number of aryl methyl sites for hydroxylation is 1. The number of para-hydroxylation sites is 2. The number of carbonyl (C=O) groups is 16. The number of phenolic OH excluding ortho intramolecular Hbond substituents is 2. The third-order valence-corrected chi connectivity index (χ3v) is 24.2. The lowest BCUT2D eigenvalue weighted by Gasteiger charge is -2.37. The fourth-order valence-electron chi connectivity index (χ4n) is 15.8. The average Bonchev–Trinajstić information content (AvgIpc) is 1.07. The number of hydrogen-bond donors (Lipinski definition) is 15. The van der Waals surface area contributed by atoms with Crippen LogP contribution in [0.2, 0.25) is 0 Å². The Hall–Kier alpha value is -14.1. The Morgan fingerprint density at radius 1 is 0.451 bits per heavy atom. The lowest BCUT2D eigenvalue weighted by Crippen LogP contribution is -2.61. The topological polar surface area (TPSA) is 516 Å². The second kappa shape index (κ2) is 49.2. The predicted octanol–water partition coefficient (Wildman–Crippen LogP) is 3.20. The van der Waals surface area contributed by atoms with E-state index in [1.807, 2.05) is 31.2 Å². The van der Waals surface area contributed by atoms with Crippen LogP contribution in [0.15, 0.2) is 170 Å². The van der Waals surface area contributed by atoms with Crippen LogP contribution in [0.1, 0.15) is 107 Å². The summed E-state index contributed by atoms with van der Waals surface area (Å²) in [7, 11) is 6.56. The molecule has 0 aliphatic carbocycles. The molecule has 8 aromatic rings. The highest BCUT2D eigenvalue weighted by atomic mass is 32.2. The Labute approximate surface area is 775 Å². The van der Waals surface area contributed by atoms with E-state index in [0.717, 1.165) is 42.9 Å². The van der Waals surface area contributed by atoms with Crippen molar-refractivity contribution < 1.29 is 92.0 Å². The monoisotopic (exact) mass is 1850 g/mol. The summed E-state index contributed by atoms with van der Waals surface area (Å²) in [5.41, 5.74) is 10.1. The molecule has 6 aromatic carbocycles. The Bertz CT molecular complexity index is 5420. The number of hydrogen-bond acceptors (Lipinski definition) is 19. The van der Waals surface area contributed by atoms with E-state index in [-0.39, 0.29) is 81.0 Å². The molecule has 36 nitrogen and oxygen atoms in total. The highest BCUT2D eigenvalue weighted by Gasteiger charge is 2.42. The summed E-state index contributed by atoms with van der Waals surface area (Å²) in [5.74, 6) is -17.4. The molecule has 1 aliphatic heterocycles. The number of thioether (sulfide) groups is 1. The molecule has 1 aliphatic rings. The summed E-state index contributed by atoms with van der Waals surface area (Å²) < 4.78 is 0. The smallest absolute Gasteiger partial charge is 0.305 e. The highest BCUT2D eigenvalue weighted by molar-refractivity contribution is 8.00. The van der Waals surface area contributed by atoms with Gasteiger partial charge in [-0.15, -0.1) is 11.8 Å². The molecular formula is C96H121N17O19S. The van der Waals surface area contributed by atoms with Crippen LogP contribution >= 0.6 is 11.8 Å². The van der Waals surface area contributed by atoms with Gasteiger partial charge in [-0.05, 0) is 107 Å². The fourth-order valence-corrected chi connectivity index (χ4v) is 16.7. The highest BCUT2D eigenvalue weighted by Crippen LogP contribution is 2.26. The van der Waals surface area contributed by atoms with Crippen molar-refractivity contribution in [3.05, 3.63) is 203 Å². The molecule has 0 saturated carbocycles. The van der Waals surface area contributed by atoms with Gasteiger partial charge in [-0.2, -0.15) is 0 Å². The first-order chi connectivity index (χ1) is 63.4. The molecule has 710 valence electrons. The number of nitrogens with zero attached hydrogens (tertiary/aromatic N) is 5. The minimum absolute atomic E-state index is 0.0265. The number of aromatic hydroxyl groups is 2. The van der Waals surface area contributed by atoms with Gasteiger partial charge in [0.05, 0.1) is 31.8 Å². The molecule has 1 fully saturated rings. The molecule has 2 aromatic heterocycles. The van der Waals surface area contributed by atoms with Crippen LogP contribution in [0, 0.1) is 11.8 Å². The van der Waals surface area contributed by atoms with Gasteiger partial charge in [0.1, 0.15) is 78.0 Å². The average molecular weight is 1850 g/mol. The molecule has 11 atom stereocenters. The number of amides is 15. The molecule has 0 spiro atoms. The van der Waals surface area contributed by atoms with Gasteiger partial charge in [0.2, 0.25) is 88.6 Å². The third kappa shape index (κ3) is 29.9. The molecular weight excluding hydrogens is 1730 g/mol. The molecule has 16 N–H and O–H groups in total. The van der Waals surface area contributed by atoms with E-state index < -0.39 is 199 Å². The molecule has 3 heterocycles. The quantitative estimate of drug-likeness (QED) is 0.0413. The van der Waals surface area contributed by atoms with Crippen molar-refractivity contribution in [2.45, 2.75) is 178 Å². The number of aliphatic carboxylic acids is 1. The number of carboxylic acid groups (broad SMARTS) is 1. The van der Waals surface area contributed by atoms with E-state index in [0.29, 0.717) is 51.6 Å². The maximum Gasteiger partial charge on any atom is 0.305 e. The van der Waals surface area contributed by atoms with Gasteiger partial charge in [-0.1, -0.05) is 169 Å². The van der Waals surface area contributed by atoms with Crippen LogP contribution in [0.25, 0.3) is 21.8 Å².